The van der Waals surface area contributed by atoms with Gasteiger partial charge in [0.1, 0.15) is 5.75 Å². The van der Waals surface area contributed by atoms with Crippen LogP contribution in [0.3, 0.4) is 0 Å². The van der Waals surface area contributed by atoms with Gasteiger partial charge in [0.05, 0.1) is 32.1 Å². The van der Waals surface area contributed by atoms with Crippen molar-refractivity contribution >= 4 is 17.6 Å². The second-order valence-electron chi connectivity index (χ2n) is 5.54. The molecule has 2 rings (SSSR count). The zero-order valence-corrected chi connectivity index (χ0v) is 15.6. The Morgan fingerprint density at radius 2 is 1.70 bits per heavy atom. The molecule has 0 saturated heterocycles. The zero-order chi connectivity index (χ0) is 19.6. The van der Waals surface area contributed by atoms with Crippen molar-refractivity contribution < 1.29 is 28.5 Å². The number of benzene rings is 2. The lowest BCUT2D eigenvalue weighted by molar-refractivity contribution is -0.119. The Bertz CT molecular complexity index is 790. The van der Waals surface area contributed by atoms with E-state index in [1.807, 2.05) is 6.92 Å². The summed E-state index contributed by atoms with van der Waals surface area (Å²) in [6.07, 6.45) is 0.855. The Hall–Kier alpha value is -3.22. The molecule has 2 aromatic carbocycles. The van der Waals surface area contributed by atoms with Crippen LogP contribution < -0.4 is 19.5 Å². The topological polar surface area (TPSA) is 83.1 Å². The molecule has 1 amide bonds. The predicted octanol–water partition coefficient (Wildman–Crippen LogP) is 3.29. The van der Waals surface area contributed by atoms with Crippen LogP contribution in [0.5, 0.6) is 17.2 Å². The number of anilines is 1. The Labute approximate surface area is 158 Å². The van der Waals surface area contributed by atoms with Crippen LogP contribution in [-0.4, -0.2) is 39.3 Å². The number of rotatable bonds is 9. The Morgan fingerprint density at radius 3 is 2.41 bits per heavy atom. The van der Waals surface area contributed by atoms with Crippen LogP contribution in [0.15, 0.2) is 42.5 Å². The molecule has 2 aromatic rings. The van der Waals surface area contributed by atoms with E-state index in [0.29, 0.717) is 29.5 Å². The fraction of sp³-hybridized carbons (Fsp3) is 0.300. The van der Waals surface area contributed by atoms with E-state index in [2.05, 4.69) is 5.32 Å². The summed E-state index contributed by atoms with van der Waals surface area (Å²) in [4.78, 5) is 24.2. The van der Waals surface area contributed by atoms with E-state index in [0.717, 1.165) is 6.42 Å². The number of carbonyl (C=O) groups is 2. The third kappa shape index (κ3) is 5.64. The van der Waals surface area contributed by atoms with E-state index < -0.39 is 18.5 Å². The van der Waals surface area contributed by atoms with Crippen molar-refractivity contribution in [2.75, 3.05) is 32.8 Å². The average molecular weight is 373 g/mol. The Morgan fingerprint density at radius 1 is 0.963 bits per heavy atom. The summed E-state index contributed by atoms with van der Waals surface area (Å²) in [6.45, 7) is 2.12. The summed E-state index contributed by atoms with van der Waals surface area (Å²) in [5, 5.41) is 2.64. The van der Waals surface area contributed by atoms with Gasteiger partial charge in [-0.2, -0.15) is 0 Å². The number of ether oxygens (including phenoxy) is 4. The van der Waals surface area contributed by atoms with Gasteiger partial charge in [-0.1, -0.05) is 19.1 Å². The van der Waals surface area contributed by atoms with Crippen LogP contribution in [0.25, 0.3) is 0 Å². The molecule has 7 nitrogen and oxygen atoms in total. The lowest BCUT2D eigenvalue weighted by Crippen LogP contribution is -2.21. The first-order chi connectivity index (χ1) is 13.1. The molecule has 1 N–H and O–H groups in total. The molecule has 0 spiro atoms. The van der Waals surface area contributed by atoms with Crippen LogP contribution in [0, 0.1) is 0 Å². The molecule has 0 fully saturated rings. The van der Waals surface area contributed by atoms with E-state index in [9.17, 15) is 9.59 Å². The minimum Gasteiger partial charge on any atom is -0.495 e. The molecule has 0 radical (unpaired) electrons. The molecule has 0 bridgehead atoms. The highest BCUT2D eigenvalue weighted by atomic mass is 16.5. The van der Waals surface area contributed by atoms with Gasteiger partial charge in [0, 0.05) is 0 Å². The number of carbonyl (C=O) groups excluding carboxylic acids is 2. The third-order valence-electron chi connectivity index (χ3n) is 3.58. The number of hydrogen-bond acceptors (Lipinski definition) is 6. The Balaban J connectivity index is 1.95. The first-order valence-corrected chi connectivity index (χ1v) is 8.49. The predicted molar refractivity (Wildman–Crippen MR) is 101 cm³/mol. The van der Waals surface area contributed by atoms with Gasteiger partial charge in [-0.25, -0.2) is 4.79 Å². The summed E-state index contributed by atoms with van der Waals surface area (Å²) in [7, 11) is 3.00. The van der Waals surface area contributed by atoms with Crippen LogP contribution in [0.4, 0.5) is 5.69 Å². The van der Waals surface area contributed by atoms with E-state index in [-0.39, 0.29) is 5.56 Å². The lowest BCUT2D eigenvalue weighted by atomic mass is 10.2. The summed E-state index contributed by atoms with van der Waals surface area (Å²) < 4.78 is 21.0. The van der Waals surface area contributed by atoms with Gasteiger partial charge in [-0.3, -0.25) is 4.79 Å². The molecule has 0 aliphatic heterocycles. The molecule has 0 saturated carbocycles. The van der Waals surface area contributed by atoms with E-state index >= 15 is 0 Å². The summed E-state index contributed by atoms with van der Waals surface area (Å²) in [5.74, 6) is 0.388. The molecule has 0 aliphatic rings. The van der Waals surface area contributed by atoms with Crippen LogP contribution in [0.1, 0.15) is 23.7 Å². The van der Waals surface area contributed by atoms with Gasteiger partial charge in [0.2, 0.25) is 0 Å². The summed E-state index contributed by atoms with van der Waals surface area (Å²) in [6, 6.07) is 11.7. The van der Waals surface area contributed by atoms with E-state index in [1.54, 1.807) is 36.4 Å². The van der Waals surface area contributed by atoms with Crippen molar-refractivity contribution in [3.63, 3.8) is 0 Å². The van der Waals surface area contributed by atoms with Crippen molar-refractivity contribution in [2.45, 2.75) is 13.3 Å². The molecule has 144 valence electrons. The zero-order valence-electron chi connectivity index (χ0n) is 15.6. The quantitative estimate of drug-likeness (QED) is 0.679. The smallest absolute Gasteiger partial charge is 0.338 e. The molecule has 0 unspecified atom stereocenters. The second kappa shape index (κ2) is 10.1. The third-order valence-corrected chi connectivity index (χ3v) is 3.58. The first-order valence-electron chi connectivity index (χ1n) is 8.49. The fourth-order valence-electron chi connectivity index (χ4n) is 2.27. The van der Waals surface area contributed by atoms with E-state index in [1.165, 1.54) is 20.3 Å². The molecule has 7 heteroatoms. The van der Waals surface area contributed by atoms with Crippen molar-refractivity contribution in [1.82, 2.24) is 0 Å². The van der Waals surface area contributed by atoms with Gasteiger partial charge < -0.3 is 24.3 Å². The van der Waals surface area contributed by atoms with Crippen LogP contribution in [0.2, 0.25) is 0 Å². The SMILES string of the molecule is CCCOc1ccc(C(=O)OCC(=O)Nc2ccccc2OC)cc1OC. The number of amides is 1. The summed E-state index contributed by atoms with van der Waals surface area (Å²) >= 11 is 0. The molecule has 0 heterocycles. The normalized spacial score (nSPS) is 10.0. The molecule has 0 aromatic heterocycles. The lowest BCUT2D eigenvalue weighted by Gasteiger charge is -2.12. The van der Waals surface area contributed by atoms with Crippen LogP contribution in [-0.2, 0) is 9.53 Å². The maximum Gasteiger partial charge on any atom is 0.338 e. The monoisotopic (exact) mass is 373 g/mol. The van der Waals surface area contributed by atoms with E-state index in [4.69, 9.17) is 18.9 Å². The van der Waals surface area contributed by atoms with Crippen LogP contribution >= 0.6 is 0 Å². The number of para-hydroxylation sites is 2. The number of methoxy groups -OCH3 is 2. The minimum absolute atomic E-state index is 0.265. The summed E-state index contributed by atoms with van der Waals surface area (Å²) in [5.41, 5.74) is 0.765. The highest BCUT2D eigenvalue weighted by Crippen LogP contribution is 2.28. The molecular weight excluding hydrogens is 350 g/mol. The Kier molecular flexibility index (Phi) is 7.49. The van der Waals surface area contributed by atoms with Crippen molar-refractivity contribution in [3.05, 3.63) is 48.0 Å². The molecule has 0 atom stereocenters. The highest BCUT2D eigenvalue weighted by molar-refractivity contribution is 5.96. The van der Waals surface area contributed by atoms with Gasteiger partial charge in [-0.15, -0.1) is 0 Å². The van der Waals surface area contributed by atoms with Gasteiger partial charge in [-0.05, 0) is 36.8 Å². The molecule has 0 aliphatic carbocycles. The molecular formula is C20H23NO6. The van der Waals surface area contributed by atoms with Crippen molar-refractivity contribution in [1.29, 1.82) is 0 Å². The average Bonchev–Trinajstić information content (AvgIpc) is 2.70. The number of nitrogens with one attached hydrogen (secondary N) is 1. The van der Waals surface area contributed by atoms with Gasteiger partial charge in [0.25, 0.3) is 5.91 Å². The standard InChI is InChI=1S/C20H23NO6/c1-4-11-26-17-10-9-14(12-18(17)25-3)20(23)27-13-19(22)21-15-7-5-6-8-16(15)24-2/h5-10,12H,4,11,13H2,1-3H3,(H,21,22). The highest BCUT2D eigenvalue weighted by Gasteiger charge is 2.15. The maximum absolute atomic E-state index is 12.2. The maximum atomic E-state index is 12.2. The van der Waals surface area contributed by atoms with Crippen molar-refractivity contribution in [2.24, 2.45) is 0 Å². The fourth-order valence-corrected chi connectivity index (χ4v) is 2.27. The van der Waals surface area contributed by atoms with Gasteiger partial charge in [0.15, 0.2) is 18.1 Å². The second-order valence-corrected chi connectivity index (χ2v) is 5.54. The van der Waals surface area contributed by atoms with Crippen molar-refractivity contribution in [3.8, 4) is 17.2 Å². The molecule has 27 heavy (non-hydrogen) atoms. The number of hydrogen-bond donors (Lipinski definition) is 1. The number of esters is 1. The minimum atomic E-state index is -0.634. The largest absolute Gasteiger partial charge is 0.495 e. The van der Waals surface area contributed by atoms with Gasteiger partial charge >= 0.3 is 5.97 Å². The first kappa shape index (κ1) is 20.1.